The second-order valence-electron chi connectivity index (χ2n) is 19.8. The standard InChI is InChI=1S/C51H80N6O9S/c1-14-33(6)46(55(11)50(62)39(31(2)3)29-42(59)45(32(4)5)54(9)10)43(64-12)30-44(60)57-24-15-16-41(57)47(65-13)34(7)48(61)53-40(49-52-23-27-67-49)28-36-17-19-38(20-18-36)66-51(63)56-25-21-37(22-26-56)35(8)58/h17-20,23,27,31-34,37,39-41,43,45-47H,14-16,21-22,24-26,28-30H2,1-13H3,(H,53,61)/t33-,34+,39-,40-,41-,43+,45-,46-,47+/m0/s1. The Bertz CT molecular complexity index is 1910. The van der Waals surface area contributed by atoms with Gasteiger partial charge in [-0.25, -0.2) is 9.78 Å². The number of benzene rings is 1. The molecule has 374 valence electrons. The molecule has 67 heavy (non-hydrogen) atoms. The average Bonchev–Trinajstić information content (AvgIpc) is 4.02. The Morgan fingerprint density at radius 1 is 0.881 bits per heavy atom. The van der Waals surface area contributed by atoms with E-state index in [-0.39, 0.29) is 77.9 Å². The summed E-state index contributed by atoms with van der Waals surface area (Å²) in [6, 6.07) is 5.65. The zero-order valence-electron chi connectivity index (χ0n) is 42.5. The van der Waals surface area contributed by atoms with Gasteiger partial charge in [-0.3, -0.25) is 28.9 Å². The Hall–Kier alpha value is -4.25. The maximum atomic E-state index is 14.5. The fourth-order valence-electron chi connectivity index (χ4n) is 10.2. The van der Waals surface area contributed by atoms with Crippen LogP contribution >= 0.6 is 11.3 Å². The van der Waals surface area contributed by atoms with Gasteiger partial charge < -0.3 is 34.2 Å². The molecule has 0 spiro atoms. The molecule has 2 aliphatic rings. The predicted octanol–water partition coefficient (Wildman–Crippen LogP) is 7.08. The number of aromatic nitrogens is 1. The van der Waals surface area contributed by atoms with E-state index in [1.165, 1.54) is 11.3 Å². The molecule has 15 nitrogen and oxygen atoms in total. The third kappa shape index (κ3) is 14.6. The number of carbonyl (C=O) groups is 6. The number of rotatable bonds is 24. The summed E-state index contributed by atoms with van der Waals surface area (Å²) in [6.45, 7) is 17.0. The first-order chi connectivity index (χ1) is 31.7. The molecule has 0 radical (unpaired) electrons. The zero-order valence-corrected chi connectivity index (χ0v) is 43.3. The van der Waals surface area contributed by atoms with Crippen LogP contribution in [0.2, 0.25) is 0 Å². The molecule has 0 saturated carbocycles. The van der Waals surface area contributed by atoms with Crippen LogP contribution in [0.25, 0.3) is 0 Å². The highest BCUT2D eigenvalue weighted by atomic mass is 32.1. The van der Waals surface area contributed by atoms with Gasteiger partial charge in [0, 0.05) is 70.7 Å². The number of amides is 4. The van der Waals surface area contributed by atoms with Crippen molar-refractivity contribution in [2.75, 3.05) is 55.0 Å². The lowest BCUT2D eigenvalue weighted by molar-refractivity contribution is -0.149. The van der Waals surface area contributed by atoms with Crippen LogP contribution in [-0.2, 0) is 39.9 Å². The van der Waals surface area contributed by atoms with Crippen LogP contribution in [0.15, 0.2) is 35.8 Å². The highest BCUT2D eigenvalue weighted by molar-refractivity contribution is 7.09. The molecule has 1 aromatic carbocycles. The Labute approximate surface area is 404 Å². The molecular formula is C51H80N6O9S. The number of nitrogens with one attached hydrogen (secondary N) is 1. The van der Waals surface area contributed by atoms with E-state index in [9.17, 15) is 28.8 Å². The number of hydrogen-bond acceptors (Lipinski definition) is 12. The third-order valence-electron chi connectivity index (χ3n) is 14.3. The number of likely N-dealkylation sites (N-methyl/N-ethyl adjacent to an activating group) is 2. The lowest BCUT2D eigenvalue weighted by atomic mass is 9.83. The Morgan fingerprint density at radius 3 is 2.06 bits per heavy atom. The molecule has 4 rings (SSSR count). The van der Waals surface area contributed by atoms with Crippen LogP contribution in [-0.4, -0.2) is 145 Å². The van der Waals surface area contributed by atoms with Gasteiger partial charge >= 0.3 is 6.09 Å². The molecule has 0 aliphatic carbocycles. The van der Waals surface area contributed by atoms with Gasteiger partial charge in [0.1, 0.15) is 16.5 Å². The number of likely N-dealkylation sites (tertiary alicyclic amines) is 2. The Morgan fingerprint density at radius 2 is 1.54 bits per heavy atom. The van der Waals surface area contributed by atoms with Gasteiger partial charge in [-0.1, -0.05) is 67.0 Å². The molecule has 16 heteroatoms. The van der Waals surface area contributed by atoms with E-state index < -0.39 is 42.2 Å². The zero-order chi connectivity index (χ0) is 49.7. The largest absolute Gasteiger partial charge is 0.415 e. The SMILES string of the molecule is CC[C@H](C)[C@@H]([C@@H](CC(=O)N1CCC[C@H]1[C@H](OC)[C@@H](C)C(=O)N[C@@H](Cc1ccc(OC(=O)N2CCC(C(C)=O)CC2)cc1)c1nccs1)OC)N(C)C(=O)[C@@H](CC(=O)[C@H](C(C)C)N(C)C)C(C)C. The molecule has 9 atom stereocenters. The summed E-state index contributed by atoms with van der Waals surface area (Å²) in [5.74, 6) is -1.08. The van der Waals surface area contributed by atoms with Crippen molar-refractivity contribution in [2.45, 2.75) is 143 Å². The first-order valence-electron chi connectivity index (χ1n) is 24.3. The van der Waals surface area contributed by atoms with Crippen molar-refractivity contribution in [2.24, 2.45) is 35.5 Å². The number of hydrogen-bond donors (Lipinski definition) is 1. The first kappa shape index (κ1) is 55.3. The summed E-state index contributed by atoms with van der Waals surface area (Å²) < 4.78 is 17.8. The van der Waals surface area contributed by atoms with Crippen LogP contribution in [0.5, 0.6) is 5.75 Å². The molecule has 3 heterocycles. The minimum atomic E-state index is -0.638. The normalized spacial score (nSPS) is 19.4. The predicted molar refractivity (Wildman–Crippen MR) is 261 cm³/mol. The summed E-state index contributed by atoms with van der Waals surface area (Å²) >= 11 is 1.44. The second-order valence-corrected chi connectivity index (χ2v) is 20.7. The monoisotopic (exact) mass is 953 g/mol. The maximum absolute atomic E-state index is 14.5. The van der Waals surface area contributed by atoms with E-state index >= 15 is 0 Å². The highest BCUT2D eigenvalue weighted by Crippen LogP contribution is 2.32. The number of Topliss-reactive ketones (excluding diaryl/α,β-unsaturated/α-hetero) is 2. The molecule has 2 saturated heterocycles. The number of piperidine rings is 1. The van der Waals surface area contributed by atoms with Crippen LogP contribution < -0.4 is 10.1 Å². The summed E-state index contributed by atoms with van der Waals surface area (Å²) in [4.78, 5) is 93.0. The molecular weight excluding hydrogens is 873 g/mol. The fraction of sp³-hybridized carbons (Fsp3) is 0.706. The summed E-state index contributed by atoms with van der Waals surface area (Å²) in [6.07, 6.45) is 4.03. The van der Waals surface area contributed by atoms with Gasteiger partial charge in [0.15, 0.2) is 5.78 Å². The van der Waals surface area contributed by atoms with Crippen molar-refractivity contribution in [1.82, 2.24) is 29.9 Å². The minimum absolute atomic E-state index is 0.0132. The number of ether oxygens (including phenoxy) is 3. The lowest BCUT2D eigenvalue weighted by Gasteiger charge is -2.41. The molecule has 2 aliphatic heterocycles. The topological polar surface area (TPSA) is 168 Å². The summed E-state index contributed by atoms with van der Waals surface area (Å²) in [5.41, 5.74) is 0.902. The highest BCUT2D eigenvalue weighted by Gasteiger charge is 2.43. The molecule has 4 amide bonds. The van der Waals surface area contributed by atoms with Crippen LogP contribution in [0, 0.1) is 35.5 Å². The minimum Gasteiger partial charge on any atom is -0.410 e. The van der Waals surface area contributed by atoms with Gasteiger partial charge in [0.05, 0.1) is 48.7 Å². The van der Waals surface area contributed by atoms with Crippen molar-refractivity contribution in [3.05, 3.63) is 46.4 Å². The Balaban J connectivity index is 1.44. The average molecular weight is 953 g/mol. The van der Waals surface area contributed by atoms with Gasteiger partial charge in [-0.2, -0.15) is 0 Å². The molecule has 0 unspecified atom stereocenters. The van der Waals surface area contributed by atoms with E-state index in [2.05, 4.69) is 24.1 Å². The Kier molecular flexibility index (Phi) is 21.4. The fourth-order valence-corrected chi connectivity index (χ4v) is 10.9. The maximum Gasteiger partial charge on any atom is 0.415 e. The quantitative estimate of drug-likeness (QED) is 0.114. The molecule has 1 aromatic heterocycles. The number of methoxy groups -OCH3 is 2. The third-order valence-corrected chi connectivity index (χ3v) is 15.2. The van der Waals surface area contributed by atoms with Gasteiger partial charge in [0.2, 0.25) is 17.7 Å². The molecule has 2 aromatic rings. The van der Waals surface area contributed by atoms with E-state index in [4.69, 9.17) is 14.2 Å². The van der Waals surface area contributed by atoms with Crippen molar-refractivity contribution in [3.8, 4) is 5.75 Å². The number of ketones is 2. The second kappa shape index (κ2) is 25.9. The molecule has 2 fully saturated rings. The first-order valence-corrected chi connectivity index (χ1v) is 25.2. The molecule has 1 N–H and O–H groups in total. The van der Waals surface area contributed by atoms with E-state index in [1.54, 1.807) is 56.3 Å². The number of nitrogens with zero attached hydrogens (tertiary/aromatic N) is 5. The lowest BCUT2D eigenvalue weighted by Crippen LogP contribution is -2.54. The van der Waals surface area contributed by atoms with Crippen LogP contribution in [0.1, 0.15) is 117 Å². The van der Waals surface area contributed by atoms with Gasteiger partial charge in [-0.15, -0.1) is 11.3 Å². The van der Waals surface area contributed by atoms with Crippen molar-refractivity contribution in [3.63, 3.8) is 0 Å². The van der Waals surface area contributed by atoms with Crippen LogP contribution in [0.4, 0.5) is 4.79 Å². The van der Waals surface area contributed by atoms with E-state index in [0.29, 0.717) is 51.1 Å². The van der Waals surface area contributed by atoms with Crippen molar-refractivity contribution in [1.29, 1.82) is 0 Å². The molecule has 0 bridgehead atoms. The van der Waals surface area contributed by atoms with Crippen molar-refractivity contribution >= 4 is 46.7 Å². The van der Waals surface area contributed by atoms with E-state index in [1.807, 2.05) is 76.0 Å². The summed E-state index contributed by atoms with van der Waals surface area (Å²) in [7, 11) is 8.72. The van der Waals surface area contributed by atoms with Crippen LogP contribution in [0.3, 0.4) is 0 Å². The van der Waals surface area contributed by atoms with Gasteiger partial charge in [0.25, 0.3) is 0 Å². The van der Waals surface area contributed by atoms with E-state index in [0.717, 1.165) is 23.4 Å². The number of carbonyl (C=O) groups excluding carboxylic acids is 6. The number of thiazole rings is 1. The summed E-state index contributed by atoms with van der Waals surface area (Å²) in [5, 5.41) is 5.83. The van der Waals surface area contributed by atoms with Crippen molar-refractivity contribution < 1.29 is 43.0 Å². The van der Waals surface area contributed by atoms with Gasteiger partial charge in [-0.05, 0) is 88.6 Å². The smallest absolute Gasteiger partial charge is 0.410 e.